The summed E-state index contributed by atoms with van der Waals surface area (Å²) in [5.74, 6) is -0.568. The number of ether oxygens (including phenoxy) is 2. The molecular formula is C9H15NO2. The maximum Gasteiger partial charge on any atom is 0.195 e. The van der Waals surface area contributed by atoms with Crippen LogP contribution in [0.5, 0.6) is 0 Å². The molecule has 0 aromatic heterocycles. The van der Waals surface area contributed by atoms with Crippen molar-refractivity contribution in [3.05, 3.63) is 24.3 Å². The molecule has 0 spiro atoms. The Labute approximate surface area is 72.8 Å². The molecule has 12 heavy (non-hydrogen) atoms. The Morgan fingerprint density at radius 3 is 2.42 bits per heavy atom. The Balaban J connectivity index is 2.84. The molecule has 1 aliphatic rings. The summed E-state index contributed by atoms with van der Waals surface area (Å²) in [5, 5.41) is 0. The van der Waals surface area contributed by atoms with Gasteiger partial charge in [0.2, 0.25) is 0 Å². The lowest BCUT2D eigenvalue weighted by molar-refractivity contribution is -0.193. The van der Waals surface area contributed by atoms with Crippen LogP contribution in [0.15, 0.2) is 24.3 Å². The van der Waals surface area contributed by atoms with Crippen LogP contribution in [0.3, 0.4) is 0 Å². The Hall–Kier alpha value is -0.640. The van der Waals surface area contributed by atoms with Gasteiger partial charge < -0.3 is 15.2 Å². The van der Waals surface area contributed by atoms with Crippen LogP contribution in [-0.2, 0) is 9.47 Å². The highest BCUT2D eigenvalue weighted by molar-refractivity contribution is 5.19. The highest BCUT2D eigenvalue weighted by Crippen LogP contribution is 2.27. The lowest BCUT2D eigenvalue weighted by atomic mass is 9.94. The molecule has 68 valence electrons. The van der Waals surface area contributed by atoms with Crippen LogP contribution >= 0.6 is 0 Å². The zero-order valence-corrected chi connectivity index (χ0v) is 7.49. The van der Waals surface area contributed by atoms with E-state index in [0.717, 1.165) is 0 Å². The van der Waals surface area contributed by atoms with Crippen molar-refractivity contribution in [3.8, 4) is 0 Å². The van der Waals surface area contributed by atoms with Crippen molar-refractivity contribution in [2.75, 3.05) is 20.8 Å². The molecule has 0 aromatic carbocycles. The van der Waals surface area contributed by atoms with E-state index in [9.17, 15) is 0 Å². The maximum absolute atomic E-state index is 5.58. The minimum atomic E-state index is -0.663. The third-order valence-corrected chi connectivity index (χ3v) is 2.19. The smallest absolute Gasteiger partial charge is 0.195 e. The van der Waals surface area contributed by atoms with E-state index in [0.29, 0.717) is 6.54 Å². The first kappa shape index (κ1) is 9.45. The lowest BCUT2D eigenvalue weighted by Crippen LogP contribution is -2.43. The van der Waals surface area contributed by atoms with Crippen molar-refractivity contribution in [1.29, 1.82) is 0 Å². The zero-order valence-electron chi connectivity index (χ0n) is 7.49. The summed E-state index contributed by atoms with van der Waals surface area (Å²) in [6.07, 6.45) is 7.73. The Kier molecular flexibility index (Phi) is 3.03. The summed E-state index contributed by atoms with van der Waals surface area (Å²) in [4.78, 5) is 0. The first-order chi connectivity index (χ1) is 5.79. The normalized spacial score (nSPS) is 26.1. The van der Waals surface area contributed by atoms with Crippen LogP contribution in [0.1, 0.15) is 0 Å². The predicted octanol–water partition coefficient (Wildman–Crippen LogP) is 0.676. The van der Waals surface area contributed by atoms with E-state index < -0.39 is 5.79 Å². The van der Waals surface area contributed by atoms with Gasteiger partial charge in [-0.2, -0.15) is 0 Å². The first-order valence-corrected chi connectivity index (χ1v) is 3.95. The molecule has 1 rings (SSSR count). The van der Waals surface area contributed by atoms with Gasteiger partial charge in [0.25, 0.3) is 0 Å². The fourth-order valence-electron chi connectivity index (χ4n) is 1.41. The number of methoxy groups -OCH3 is 2. The van der Waals surface area contributed by atoms with Crippen LogP contribution in [0.4, 0.5) is 0 Å². The average molecular weight is 169 g/mol. The average Bonchev–Trinajstić information content (AvgIpc) is 2.17. The van der Waals surface area contributed by atoms with E-state index in [1.54, 1.807) is 14.2 Å². The van der Waals surface area contributed by atoms with Gasteiger partial charge in [-0.25, -0.2) is 0 Å². The summed E-state index contributed by atoms with van der Waals surface area (Å²) in [5.41, 5.74) is 5.58. The molecule has 0 radical (unpaired) electrons. The van der Waals surface area contributed by atoms with Gasteiger partial charge >= 0.3 is 0 Å². The molecule has 1 unspecified atom stereocenters. The monoisotopic (exact) mass is 169 g/mol. The zero-order chi connectivity index (χ0) is 9.03. The van der Waals surface area contributed by atoms with Crippen molar-refractivity contribution >= 4 is 0 Å². The third kappa shape index (κ3) is 1.43. The van der Waals surface area contributed by atoms with Gasteiger partial charge in [-0.3, -0.25) is 0 Å². The van der Waals surface area contributed by atoms with Crippen molar-refractivity contribution in [1.82, 2.24) is 0 Å². The summed E-state index contributed by atoms with van der Waals surface area (Å²) in [6, 6.07) is 0. The Morgan fingerprint density at radius 2 is 2.00 bits per heavy atom. The highest BCUT2D eigenvalue weighted by atomic mass is 16.7. The molecule has 0 saturated carbocycles. The van der Waals surface area contributed by atoms with Gasteiger partial charge in [0.05, 0.1) is 0 Å². The van der Waals surface area contributed by atoms with Crippen LogP contribution in [-0.4, -0.2) is 26.6 Å². The molecular weight excluding hydrogens is 154 g/mol. The molecule has 0 aliphatic heterocycles. The minimum absolute atomic E-state index is 0.0949. The molecule has 2 N–H and O–H groups in total. The molecule has 3 heteroatoms. The largest absolute Gasteiger partial charge is 0.349 e. The molecule has 1 aliphatic carbocycles. The minimum Gasteiger partial charge on any atom is -0.349 e. The Bertz CT molecular complexity index is 195. The maximum atomic E-state index is 5.58. The van der Waals surface area contributed by atoms with Gasteiger partial charge in [-0.05, 0) is 6.08 Å². The molecule has 0 amide bonds. The number of hydrogen-bond acceptors (Lipinski definition) is 3. The summed E-state index contributed by atoms with van der Waals surface area (Å²) in [6.45, 7) is 0.516. The van der Waals surface area contributed by atoms with E-state index in [1.807, 2.05) is 24.3 Å². The second-order valence-corrected chi connectivity index (χ2v) is 2.72. The molecule has 0 bridgehead atoms. The van der Waals surface area contributed by atoms with Gasteiger partial charge in [-0.15, -0.1) is 0 Å². The van der Waals surface area contributed by atoms with Crippen molar-refractivity contribution in [2.24, 2.45) is 11.7 Å². The first-order valence-electron chi connectivity index (χ1n) is 3.95. The highest BCUT2D eigenvalue weighted by Gasteiger charge is 2.35. The number of nitrogens with two attached hydrogens (primary N) is 1. The van der Waals surface area contributed by atoms with Gasteiger partial charge in [0.1, 0.15) is 0 Å². The van der Waals surface area contributed by atoms with Gasteiger partial charge in [-0.1, -0.05) is 18.2 Å². The summed E-state index contributed by atoms with van der Waals surface area (Å²) >= 11 is 0. The molecule has 3 nitrogen and oxygen atoms in total. The molecule has 0 heterocycles. The standard InChI is InChI=1S/C9H15NO2/c1-11-9(12-2)6-4-3-5-8(9)7-10/h3-6,8H,7,10H2,1-2H3. The quantitative estimate of drug-likeness (QED) is 0.632. The number of hydrogen-bond donors (Lipinski definition) is 1. The van der Waals surface area contributed by atoms with E-state index in [4.69, 9.17) is 15.2 Å². The van der Waals surface area contributed by atoms with E-state index in [1.165, 1.54) is 0 Å². The van der Waals surface area contributed by atoms with Crippen LogP contribution < -0.4 is 5.73 Å². The molecule has 1 atom stereocenters. The SMILES string of the molecule is COC1(OC)C=CC=CC1CN. The molecule has 0 saturated heterocycles. The topological polar surface area (TPSA) is 44.5 Å². The van der Waals surface area contributed by atoms with Crippen molar-refractivity contribution in [2.45, 2.75) is 5.79 Å². The fraction of sp³-hybridized carbons (Fsp3) is 0.556. The predicted molar refractivity (Wildman–Crippen MR) is 47.6 cm³/mol. The van der Waals surface area contributed by atoms with Crippen molar-refractivity contribution in [3.63, 3.8) is 0 Å². The molecule has 0 aromatic rings. The summed E-state index contributed by atoms with van der Waals surface area (Å²) in [7, 11) is 3.24. The second kappa shape index (κ2) is 3.85. The molecule has 0 fully saturated rings. The van der Waals surface area contributed by atoms with E-state index in [-0.39, 0.29) is 5.92 Å². The van der Waals surface area contributed by atoms with Crippen molar-refractivity contribution < 1.29 is 9.47 Å². The number of rotatable bonds is 3. The van der Waals surface area contributed by atoms with Gasteiger partial charge in [0.15, 0.2) is 5.79 Å². The lowest BCUT2D eigenvalue weighted by Gasteiger charge is -2.34. The van der Waals surface area contributed by atoms with Crippen LogP contribution in [0.25, 0.3) is 0 Å². The third-order valence-electron chi connectivity index (χ3n) is 2.19. The number of allylic oxidation sites excluding steroid dienone is 2. The Morgan fingerprint density at radius 1 is 1.33 bits per heavy atom. The van der Waals surface area contributed by atoms with E-state index in [2.05, 4.69) is 0 Å². The second-order valence-electron chi connectivity index (χ2n) is 2.72. The fourth-order valence-corrected chi connectivity index (χ4v) is 1.41. The van der Waals surface area contributed by atoms with Crippen LogP contribution in [0, 0.1) is 5.92 Å². The van der Waals surface area contributed by atoms with E-state index >= 15 is 0 Å². The van der Waals surface area contributed by atoms with Crippen LogP contribution in [0.2, 0.25) is 0 Å². The van der Waals surface area contributed by atoms with Gasteiger partial charge in [0, 0.05) is 26.7 Å². The summed E-state index contributed by atoms with van der Waals surface area (Å²) < 4.78 is 10.6.